The van der Waals surface area contributed by atoms with E-state index < -0.39 is 0 Å². The Bertz CT molecular complexity index is 439. The summed E-state index contributed by atoms with van der Waals surface area (Å²) in [6.07, 6.45) is 9.97. The zero-order valence-electron chi connectivity index (χ0n) is 14.1. The maximum atomic E-state index is 13.0. The van der Waals surface area contributed by atoms with E-state index in [1.165, 1.54) is 37.7 Å². The van der Waals surface area contributed by atoms with Crippen LogP contribution in [-0.2, 0) is 0 Å². The molecule has 0 bridgehead atoms. The highest BCUT2D eigenvalue weighted by atomic mass is 28.3. The second-order valence-corrected chi connectivity index (χ2v) is 11.2. The molecule has 1 aliphatic heterocycles. The minimum absolute atomic E-state index is 0.106. The zero-order valence-corrected chi connectivity index (χ0v) is 15.2. The average molecular weight is 319 g/mol. The topological polar surface area (TPSA) is 0 Å². The van der Waals surface area contributed by atoms with Gasteiger partial charge in [0.05, 0.1) is 0 Å². The fourth-order valence-corrected chi connectivity index (χ4v) is 8.50. The van der Waals surface area contributed by atoms with Gasteiger partial charge in [-0.1, -0.05) is 56.5 Å². The molecule has 0 aromatic heterocycles. The van der Waals surface area contributed by atoms with Crippen LogP contribution in [0.2, 0.25) is 18.1 Å². The molecule has 22 heavy (non-hydrogen) atoms. The lowest BCUT2D eigenvalue weighted by molar-refractivity contribution is 0.216. The van der Waals surface area contributed by atoms with Crippen LogP contribution in [0.25, 0.3) is 0 Å². The third kappa shape index (κ3) is 4.01. The van der Waals surface area contributed by atoms with E-state index in [1.54, 1.807) is 43.1 Å². The molecule has 0 spiro atoms. The zero-order chi connectivity index (χ0) is 15.4. The second-order valence-electron chi connectivity index (χ2n) is 7.73. The highest BCUT2D eigenvalue weighted by Crippen LogP contribution is 2.43. The van der Waals surface area contributed by atoms with E-state index in [0.29, 0.717) is 5.92 Å². The number of halogens is 1. The summed E-state index contributed by atoms with van der Waals surface area (Å²) in [5.74, 6) is 2.61. The molecular formula is C20H31FSi. The smallest absolute Gasteiger partial charge is 0.123 e. The van der Waals surface area contributed by atoms with Crippen LogP contribution in [0.4, 0.5) is 4.39 Å². The molecule has 1 aromatic rings. The van der Waals surface area contributed by atoms with Crippen molar-refractivity contribution in [1.82, 2.24) is 0 Å². The van der Waals surface area contributed by atoms with E-state index in [2.05, 4.69) is 6.92 Å². The van der Waals surface area contributed by atoms with Gasteiger partial charge in [0.25, 0.3) is 0 Å². The second kappa shape index (κ2) is 7.76. The summed E-state index contributed by atoms with van der Waals surface area (Å²) < 4.78 is 13.0. The Morgan fingerprint density at radius 1 is 0.909 bits per heavy atom. The van der Waals surface area contributed by atoms with Crippen molar-refractivity contribution < 1.29 is 4.39 Å². The van der Waals surface area contributed by atoms with Crippen LogP contribution >= 0.6 is 0 Å². The molecule has 1 saturated carbocycles. The van der Waals surface area contributed by atoms with Crippen molar-refractivity contribution in [2.45, 2.75) is 75.9 Å². The third-order valence-corrected chi connectivity index (χ3v) is 10.1. The van der Waals surface area contributed by atoms with Crippen molar-refractivity contribution >= 4 is 8.80 Å². The summed E-state index contributed by atoms with van der Waals surface area (Å²) in [5.41, 5.74) is 1.36. The minimum Gasteiger partial charge on any atom is -0.207 e. The van der Waals surface area contributed by atoms with Crippen LogP contribution in [-0.4, -0.2) is 8.80 Å². The monoisotopic (exact) mass is 318 g/mol. The first-order chi connectivity index (χ1) is 10.8. The van der Waals surface area contributed by atoms with Crippen LogP contribution < -0.4 is 0 Å². The van der Waals surface area contributed by atoms with Gasteiger partial charge in [0.1, 0.15) is 5.82 Å². The summed E-state index contributed by atoms with van der Waals surface area (Å²) in [4.78, 5) is 0. The van der Waals surface area contributed by atoms with Crippen molar-refractivity contribution in [3.8, 4) is 0 Å². The maximum absolute atomic E-state index is 13.0. The molecule has 0 amide bonds. The molecule has 122 valence electrons. The molecule has 0 radical (unpaired) electrons. The Labute approximate surface area is 137 Å². The predicted molar refractivity (Wildman–Crippen MR) is 95.7 cm³/mol. The van der Waals surface area contributed by atoms with Crippen LogP contribution in [0.15, 0.2) is 24.3 Å². The number of rotatable bonds is 4. The Hall–Kier alpha value is -0.633. The largest absolute Gasteiger partial charge is 0.207 e. The first kappa shape index (κ1) is 16.2. The van der Waals surface area contributed by atoms with Gasteiger partial charge in [-0.15, -0.1) is 0 Å². The predicted octanol–water partition coefficient (Wildman–Crippen LogP) is 6.15. The fourth-order valence-electron chi connectivity index (χ4n) is 5.02. The van der Waals surface area contributed by atoms with Gasteiger partial charge < -0.3 is 0 Å². The van der Waals surface area contributed by atoms with Crippen molar-refractivity contribution in [1.29, 1.82) is 0 Å². The average Bonchev–Trinajstić information content (AvgIpc) is 2.57. The molecule has 2 heteroatoms. The molecule has 1 aliphatic carbocycles. The van der Waals surface area contributed by atoms with Crippen LogP contribution in [0.5, 0.6) is 0 Å². The molecule has 0 atom stereocenters. The molecule has 0 N–H and O–H groups in total. The first-order valence-electron chi connectivity index (χ1n) is 9.51. The molecule has 2 fully saturated rings. The van der Waals surface area contributed by atoms with Gasteiger partial charge in [-0.2, -0.15) is 0 Å². The number of hydrogen-bond donors (Lipinski definition) is 0. The Morgan fingerprint density at radius 3 is 2.09 bits per heavy atom. The van der Waals surface area contributed by atoms with E-state index in [4.69, 9.17) is 0 Å². The van der Waals surface area contributed by atoms with Crippen molar-refractivity contribution in [3.05, 3.63) is 35.6 Å². The summed E-state index contributed by atoms with van der Waals surface area (Å²) >= 11 is 0. The lowest BCUT2D eigenvalue weighted by Crippen LogP contribution is -2.28. The Balaban J connectivity index is 1.47. The van der Waals surface area contributed by atoms with E-state index in [9.17, 15) is 4.39 Å². The van der Waals surface area contributed by atoms with Crippen LogP contribution in [0, 0.1) is 17.7 Å². The van der Waals surface area contributed by atoms with Crippen LogP contribution in [0.3, 0.4) is 0 Å². The molecule has 0 unspecified atom stereocenters. The van der Waals surface area contributed by atoms with Gasteiger partial charge in [-0.3, -0.25) is 0 Å². The highest BCUT2D eigenvalue weighted by Gasteiger charge is 2.31. The van der Waals surface area contributed by atoms with E-state index in [-0.39, 0.29) is 14.6 Å². The van der Waals surface area contributed by atoms with Gasteiger partial charge in [0, 0.05) is 8.80 Å². The molecule has 1 saturated heterocycles. The van der Waals surface area contributed by atoms with Crippen LogP contribution in [0.1, 0.15) is 63.4 Å². The third-order valence-electron chi connectivity index (χ3n) is 6.37. The summed E-state index contributed by atoms with van der Waals surface area (Å²) in [6, 6.07) is 12.1. The molecule has 3 rings (SSSR count). The highest BCUT2D eigenvalue weighted by molar-refractivity contribution is 6.58. The first-order valence-corrected chi connectivity index (χ1v) is 12.0. The minimum atomic E-state index is -0.321. The molecule has 2 aliphatic rings. The summed E-state index contributed by atoms with van der Waals surface area (Å²) in [5, 5.41) is 0. The van der Waals surface area contributed by atoms with Crippen molar-refractivity contribution in [2.24, 2.45) is 11.8 Å². The van der Waals surface area contributed by atoms with Crippen molar-refractivity contribution in [2.75, 3.05) is 0 Å². The van der Waals surface area contributed by atoms with Gasteiger partial charge >= 0.3 is 0 Å². The van der Waals surface area contributed by atoms with Gasteiger partial charge in [0.15, 0.2) is 0 Å². The molecule has 0 nitrogen and oxygen atoms in total. The molecule has 1 heterocycles. The van der Waals surface area contributed by atoms with E-state index in [0.717, 1.165) is 11.8 Å². The standard InChI is InChI=1S/C20H31FSi/c1-2-13-22-14-11-19(12-15-22)17-5-3-16(4-6-17)18-7-9-20(21)10-8-18/h7-10,16-17,19,22H,2-6,11-15H2,1H3/t16-,17-,19-,22-. The lowest BCUT2D eigenvalue weighted by atomic mass is 9.72. The Morgan fingerprint density at radius 2 is 1.50 bits per heavy atom. The summed E-state index contributed by atoms with van der Waals surface area (Å²) in [6.45, 7) is 2.36. The van der Waals surface area contributed by atoms with E-state index >= 15 is 0 Å². The van der Waals surface area contributed by atoms with Crippen molar-refractivity contribution in [3.63, 3.8) is 0 Å². The number of hydrogen-bond acceptors (Lipinski definition) is 0. The van der Waals surface area contributed by atoms with Gasteiger partial charge in [-0.25, -0.2) is 4.39 Å². The summed E-state index contributed by atoms with van der Waals surface area (Å²) in [7, 11) is -0.321. The maximum Gasteiger partial charge on any atom is 0.123 e. The Kier molecular flexibility index (Phi) is 5.73. The SMILES string of the molecule is CCC[Si@H]1CC[C@H]([C@H]2CC[C@H](c3ccc(F)cc3)CC2)CC1. The van der Waals surface area contributed by atoms with E-state index in [1.807, 2.05) is 12.1 Å². The molecule has 1 aromatic carbocycles. The fraction of sp³-hybridized carbons (Fsp3) is 0.700. The quantitative estimate of drug-likeness (QED) is 0.584. The van der Waals surface area contributed by atoms with Gasteiger partial charge in [-0.05, 0) is 61.1 Å². The lowest BCUT2D eigenvalue weighted by Gasteiger charge is -2.37. The molecular weight excluding hydrogens is 287 g/mol. The normalized spacial score (nSPS) is 32.8. The number of benzene rings is 1. The van der Waals surface area contributed by atoms with Gasteiger partial charge in [0.2, 0.25) is 0 Å².